The molecule has 4 nitrogen and oxygen atoms in total. The predicted octanol–water partition coefficient (Wildman–Crippen LogP) is 2.82. The van der Waals surface area contributed by atoms with Crippen molar-refractivity contribution < 1.29 is 9.53 Å². The number of rotatable bonds is 6. The number of anilines is 1. The van der Waals surface area contributed by atoms with Gasteiger partial charge in [0.1, 0.15) is 0 Å². The van der Waals surface area contributed by atoms with E-state index in [0.29, 0.717) is 19.1 Å². The molecule has 5 heteroatoms. The molecular formula is C18H26N2O2S. The SMILES string of the molecule is O=C(CC[C@@H]1CCCO1)NCc1ccc(N2CCSCC2)cc1. The summed E-state index contributed by atoms with van der Waals surface area (Å²) < 4.78 is 5.55. The number of nitrogens with zero attached hydrogens (tertiary/aromatic N) is 1. The van der Waals surface area contributed by atoms with E-state index >= 15 is 0 Å². The van der Waals surface area contributed by atoms with Crippen LogP contribution in [-0.4, -0.2) is 43.2 Å². The number of carbonyl (C=O) groups is 1. The van der Waals surface area contributed by atoms with E-state index in [-0.39, 0.29) is 5.91 Å². The topological polar surface area (TPSA) is 41.6 Å². The van der Waals surface area contributed by atoms with Gasteiger partial charge in [-0.25, -0.2) is 0 Å². The summed E-state index contributed by atoms with van der Waals surface area (Å²) in [6.45, 7) is 3.73. The van der Waals surface area contributed by atoms with Crippen LogP contribution in [0.25, 0.3) is 0 Å². The van der Waals surface area contributed by atoms with Crippen molar-refractivity contribution in [3.05, 3.63) is 29.8 Å². The second kappa shape index (κ2) is 8.60. The molecule has 1 amide bonds. The Kier molecular flexibility index (Phi) is 6.22. The summed E-state index contributed by atoms with van der Waals surface area (Å²) in [5.74, 6) is 2.54. The minimum atomic E-state index is 0.123. The third-order valence-electron chi connectivity index (χ3n) is 4.52. The molecule has 0 bridgehead atoms. The van der Waals surface area contributed by atoms with Crippen LogP contribution in [0.15, 0.2) is 24.3 Å². The molecule has 1 aromatic rings. The quantitative estimate of drug-likeness (QED) is 0.869. The molecule has 0 saturated carbocycles. The van der Waals surface area contributed by atoms with Crippen molar-refractivity contribution in [1.29, 1.82) is 0 Å². The number of nitrogens with one attached hydrogen (secondary N) is 1. The Labute approximate surface area is 143 Å². The van der Waals surface area contributed by atoms with Crippen molar-refractivity contribution >= 4 is 23.4 Å². The number of carbonyl (C=O) groups excluding carboxylic acids is 1. The van der Waals surface area contributed by atoms with Crippen molar-refractivity contribution in [3.63, 3.8) is 0 Å². The predicted molar refractivity (Wildman–Crippen MR) is 96.0 cm³/mol. The van der Waals surface area contributed by atoms with Gasteiger partial charge in [-0.05, 0) is 37.0 Å². The summed E-state index contributed by atoms with van der Waals surface area (Å²) in [6, 6.07) is 8.59. The number of amides is 1. The maximum absolute atomic E-state index is 11.9. The van der Waals surface area contributed by atoms with Crippen LogP contribution in [0, 0.1) is 0 Å². The van der Waals surface area contributed by atoms with E-state index in [1.54, 1.807) is 0 Å². The van der Waals surface area contributed by atoms with Gasteiger partial charge in [-0.1, -0.05) is 12.1 Å². The zero-order chi connectivity index (χ0) is 15.9. The number of benzene rings is 1. The fraction of sp³-hybridized carbons (Fsp3) is 0.611. The van der Waals surface area contributed by atoms with E-state index < -0.39 is 0 Å². The molecule has 1 aromatic carbocycles. The van der Waals surface area contributed by atoms with Gasteiger partial charge in [0, 0.05) is 49.9 Å². The Hall–Kier alpha value is -1.20. The second-order valence-electron chi connectivity index (χ2n) is 6.22. The van der Waals surface area contributed by atoms with Gasteiger partial charge in [-0.15, -0.1) is 0 Å². The van der Waals surface area contributed by atoms with Gasteiger partial charge in [-0.3, -0.25) is 4.79 Å². The highest BCUT2D eigenvalue weighted by Crippen LogP contribution is 2.20. The van der Waals surface area contributed by atoms with Crippen LogP contribution >= 0.6 is 11.8 Å². The van der Waals surface area contributed by atoms with Crippen molar-refractivity contribution in [3.8, 4) is 0 Å². The summed E-state index contributed by atoms with van der Waals surface area (Å²) in [5.41, 5.74) is 2.45. The smallest absolute Gasteiger partial charge is 0.220 e. The van der Waals surface area contributed by atoms with E-state index in [1.807, 2.05) is 11.8 Å². The van der Waals surface area contributed by atoms with E-state index in [9.17, 15) is 4.79 Å². The zero-order valence-electron chi connectivity index (χ0n) is 13.6. The Bertz CT molecular complexity index is 494. The molecular weight excluding hydrogens is 308 g/mol. The third-order valence-corrected chi connectivity index (χ3v) is 5.46. The summed E-state index contributed by atoms with van der Waals surface area (Å²) in [4.78, 5) is 14.3. The van der Waals surface area contributed by atoms with Crippen molar-refractivity contribution in [2.45, 2.75) is 38.3 Å². The van der Waals surface area contributed by atoms with Crippen LogP contribution in [0.4, 0.5) is 5.69 Å². The normalized spacial score (nSPS) is 21.4. The number of thioether (sulfide) groups is 1. The summed E-state index contributed by atoms with van der Waals surface area (Å²) in [6.07, 6.45) is 3.94. The van der Waals surface area contributed by atoms with Crippen LogP contribution in [0.1, 0.15) is 31.2 Å². The highest BCUT2D eigenvalue weighted by molar-refractivity contribution is 7.99. The van der Waals surface area contributed by atoms with Crippen molar-refractivity contribution in [2.75, 3.05) is 36.1 Å². The second-order valence-corrected chi connectivity index (χ2v) is 7.44. The van der Waals surface area contributed by atoms with Gasteiger partial charge in [0.15, 0.2) is 0 Å². The molecule has 23 heavy (non-hydrogen) atoms. The van der Waals surface area contributed by atoms with Crippen LogP contribution in [0.3, 0.4) is 0 Å². The monoisotopic (exact) mass is 334 g/mol. The van der Waals surface area contributed by atoms with Gasteiger partial charge in [0.25, 0.3) is 0 Å². The van der Waals surface area contributed by atoms with E-state index in [2.05, 4.69) is 34.5 Å². The van der Waals surface area contributed by atoms with E-state index in [4.69, 9.17) is 4.74 Å². The minimum Gasteiger partial charge on any atom is -0.378 e. The highest BCUT2D eigenvalue weighted by atomic mass is 32.2. The molecule has 2 aliphatic heterocycles. The first-order valence-electron chi connectivity index (χ1n) is 8.61. The Morgan fingerprint density at radius 3 is 2.74 bits per heavy atom. The van der Waals surface area contributed by atoms with E-state index in [0.717, 1.165) is 44.5 Å². The van der Waals surface area contributed by atoms with Crippen molar-refractivity contribution in [1.82, 2.24) is 5.32 Å². The van der Waals surface area contributed by atoms with Gasteiger partial charge >= 0.3 is 0 Å². The molecule has 0 aromatic heterocycles. The molecule has 2 aliphatic rings. The van der Waals surface area contributed by atoms with Crippen LogP contribution in [-0.2, 0) is 16.1 Å². The summed E-state index contributed by atoms with van der Waals surface area (Å²) >= 11 is 2.02. The lowest BCUT2D eigenvalue weighted by Gasteiger charge is -2.28. The average Bonchev–Trinajstić information content (AvgIpc) is 3.13. The average molecular weight is 334 g/mol. The minimum absolute atomic E-state index is 0.123. The third kappa shape index (κ3) is 5.15. The van der Waals surface area contributed by atoms with Gasteiger partial charge in [-0.2, -0.15) is 11.8 Å². The maximum Gasteiger partial charge on any atom is 0.220 e. The molecule has 2 heterocycles. The molecule has 3 rings (SSSR count). The first kappa shape index (κ1) is 16.7. The van der Waals surface area contributed by atoms with Crippen LogP contribution in [0.2, 0.25) is 0 Å². The molecule has 0 spiro atoms. The van der Waals surface area contributed by atoms with Gasteiger partial charge in [0.05, 0.1) is 6.10 Å². The Morgan fingerprint density at radius 1 is 1.26 bits per heavy atom. The fourth-order valence-electron chi connectivity index (χ4n) is 3.10. The Morgan fingerprint density at radius 2 is 2.04 bits per heavy atom. The molecule has 126 valence electrons. The van der Waals surface area contributed by atoms with E-state index in [1.165, 1.54) is 17.2 Å². The molecule has 0 unspecified atom stereocenters. The van der Waals surface area contributed by atoms with Crippen LogP contribution in [0.5, 0.6) is 0 Å². The number of hydrogen-bond donors (Lipinski definition) is 1. The number of ether oxygens (including phenoxy) is 1. The van der Waals surface area contributed by atoms with Gasteiger partial charge in [0.2, 0.25) is 5.91 Å². The summed E-state index contributed by atoms with van der Waals surface area (Å²) in [5, 5.41) is 3.01. The molecule has 0 radical (unpaired) electrons. The maximum atomic E-state index is 11.9. The lowest BCUT2D eigenvalue weighted by Crippen LogP contribution is -2.32. The fourth-order valence-corrected chi connectivity index (χ4v) is 4.00. The zero-order valence-corrected chi connectivity index (χ0v) is 14.4. The molecule has 2 fully saturated rings. The molecule has 1 atom stereocenters. The molecule has 0 aliphatic carbocycles. The molecule has 2 saturated heterocycles. The lowest BCUT2D eigenvalue weighted by atomic mass is 10.1. The molecule has 1 N–H and O–H groups in total. The summed E-state index contributed by atoms with van der Waals surface area (Å²) in [7, 11) is 0. The van der Waals surface area contributed by atoms with Crippen molar-refractivity contribution in [2.24, 2.45) is 0 Å². The number of hydrogen-bond acceptors (Lipinski definition) is 4. The standard InChI is InChI=1S/C18H26N2O2S/c21-18(8-7-17-2-1-11-22-17)19-14-15-3-5-16(6-4-15)20-9-12-23-13-10-20/h3-6,17H,1-2,7-14H2,(H,19,21)/t17-/m0/s1. The van der Waals surface area contributed by atoms with Crippen LogP contribution < -0.4 is 10.2 Å². The van der Waals surface area contributed by atoms with Gasteiger partial charge < -0.3 is 15.0 Å². The largest absolute Gasteiger partial charge is 0.378 e. The first-order valence-corrected chi connectivity index (χ1v) is 9.77. The Balaban J connectivity index is 1.40. The lowest BCUT2D eigenvalue weighted by molar-refractivity contribution is -0.121. The first-order chi connectivity index (χ1) is 11.3. The highest BCUT2D eigenvalue weighted by Gasteiger charge is 2.16.